The highest BCUT2D eigenvalue weighted by Gasteiger charge is 2.44. The highest BCUT2D eigenvalue weighted by atomic mass is 32.2. The van der Waals surface area contributed by atoms with Gasteiger partial charge in [0, 0.05) is 6.26 Å². The molecule has 1 saturated heterocycles. The Morgan fingerprint density at radius 3 is 2.53 bits per heavy atom. The topological polar surface area (TPSA) is 144 Å². The third-order valence-electron chi connectivity index (χ3n) is 5.49. The Balaban J connectivity index is 1.49. The molecular weight excluding hydrogens is 478 g/mol. The van der Waals surface area contributed by atoms with Gasteiger partial charge < -0.3 is 9.73 Å². The van der Waals surface area contributed by atoms with Gasteiger partial charge in [0.05, 0.1) is 16.6 Å². The maximum absolute atomic E-state index is 12.7. The van der Waals surface area contributed by atoms with Crippen LogP contribution in [0.4, 0.5) is 4.79 Å². The predicted molar refractivity (Wildman–Crippen MR) is 125 cm³/mol. The quantitative estimate of drug-likeness (QED) is 0.387. The predicted octanol–water partition coefficient (Wildman–Crippen LogP) is 2.62. The van der Waals surface area contributed by atoms with Gasteiger partial charge in [0.25, 0.3) is 5.91 Å². The Kier molecular flexibility index (Phi) is 5.21. The number of amides is 3. The van der Waals surface area contributed by atoms with Crippen LogP contribution in [-0.2, 0) is 21.1 Å². The molecule has 1 aliphatic heterocycles. The van der Waals surface area contributed by atoms with Gasteiger partial charge in [-0.2, -0.15) is 0 Å². The van der Waals surface area contributed by atoms with Crippen molar-refractivity contribution >= 4 is 43.3 Å². The van der Waals surface area contributed by atoms with Gasteiger partial charge in [-0.05, 0) is 30.2 Å². The van der Waals surface area contributed by atoms with Gasteiger partial charge in [0.1, 0.15) is 10.5 Å². The molecule has 2 N–H and O–H groups in total. The number of imide groups is 1. The average molecular weight is 498 g/mol. The van der Waals surface area contributed by atoms with Crippen LogP contribution in [0.25, 0.3) is 21.3 Å². The van der Waals surface area contributed by atoms with Crippen molar-refractivity contribution in [3.8, 4) is 11.1 Å². The van der Waals surface area contributed by atoms with Crippen LogP contribution < -0.4 is 10.6 Å². The molecule has 4 aromatic rings. The zero-order chi connectivity index (χ0) is 24.1. The third kappa shape index (κ3) is 4.05. The zero-order valence-corrected chi connectivity index (χ0v) is 19.7. The molecular formula is C22H19N5O5S2. The second kappa shape index (κ2) is 7.99. The summed E-state index contributed by atoms with van der Waals surface area (Å²) < 4.78 is 31.9. The van der Waals surface area contributed by atoms with Gasteiger partial charge in [-0.1, -0.05) is 36.4 Å². The molecule has 3 amide bonds. The highest BCUT2D eigenvalue weighted by Crippen LogP contribution is 2.36. The lowest BCUT2D eigenvalue weighted by molar-refractivity contribution is -0.123. The summed E-state index contributed by atoms with van der Waals surface area (Å²) >= 11 is 1.24. The number of carbonyl (C=O) groups is 2. The standard InChI is InChI=1S/C22H19N5O5S2/c1-22(20(28)24-21(29)25-22)11-16-26-27-18(32-16)17(34(2,30)31)19-23-14-9-8-13(10-15(14)33-19)12-6-4-3-5-7-12/h3-10,17H,11H2,1-2H3,(H2,24,25,28,29). The summed E-state index contributed by atoms with van der Waals surface area (Å²) in [5, 5.41) is 11.6. The van der Waals surface area contributed by atoms with E-state index in [9.17, 15) is 18.0 Å². The SMILES string of the molecule is CC1(Cc2nnc(C(c3nc4ccc(-c5ccccc5)cc4s3)S(C)(=O)=O)o2)NC(=O)NC1=O. The highest BCUT2D eigenvalue weighted by molar-refractivity contribution is 7.91. The normalized spacial score (nSPS) is 19.2. The molecule has 0 aliphatic carbocycles. The molecule has 3 heterocycles. The van der Waals surface area contributed by atoms with E-state index >= 15 is 0 Å². The molecule has 12 heteroatoms. The molecule has 0 bridgehead atoms. The largest absolute Gasteiger partial charge is 0.423 e. The van der Waals surface area contributed by atoms with E-state index in [-0.39, 0.29) is 18.2 Å². The number of fused-ring (bicyclic) bond motifs is 1. The van der Waals surface area contributed by atoms with E-state index in [4.69, 9.17) is 4.42 Å². The number of aromatic nitrogens is 3. The van der Waals surface area contributed by atoms with E-state index in [1.54, 1.807) is 0 Å². The summed E-state index contributed by atoms with van der Waals surface area (Å²) in [4.78, 5) is 28.1. The van der Waals surface area contributed by atoms with Gasteiger partial charge in [-0.25, -0.2) is 18.2 Å². The van der Waals surface area contributed by atoms with E-state index in [1.807, 2.05) is 48.5 Å². The van der Waals surface area contributed by atoms with Gasteiger partial charge >= 0.3 is 6.03 Å². The first-order valence-electron chi connectivity index (χ1n) is 10.2. The van der Waals surface area contributed by atoms with Gasteiger partial charge in [0.15, 0.2) is 15.1 Å². The van der Waals surface area contributed by atoms with Crippen LogP contribution >= 0.6 is 11.3 Å². The smallest absolute Gasteiger partial charge is 0.322 e. The van der Waals surface area contributed by atoms with E-state index in [0.717, 1.165) is 22.1 Å². The molecule has 1 aliphatic rings. The number of hydrogen-bond donors (Lipinski definition) is 2. The van der Waals surface area contributed by atoms with Crippen molar-refractivity contribution in [2.45, 2.75) is 24.1 Å². The van der Waals surface area contributed by atoms with Gasteiger partial charge in [0.2, 0.25) is 11.8 Å². The lowest BCUT2D eigenvalue weighted by Crippen LogP contribution is -2.45. The first-order valence-corrected chi connectivity index (χ1v) is 13.0. The van der Waals surface area contributed by atoms with Crippen LogP contribution in [0.2, 0.25) is 0 Å². The Hall–Kier alpha value is -3.64. The van der Waals surface area contributed by atoms with Crippen molar-refractivity contribution in [3.05, 3.63) is 65.3 Å². The molecule has 10 nitrogen and oxygen atoms in total. The number of carbonyl (C=O) groups excluding carboxylic acids is 2. The van der Waals surface area contributed by atoms with Crippen LogP contribution in [0.1, 0.15) is 29.0 Å². The maximum Gasteiger partial charge on any atom is 0.322 e. The number of nitrogens with one attached hydrogen (secondary N) is 2. The summed E-state index contributed by atoms with van der Waals surface area (Å²) in [7, 11) is -3.73. The molecule has 0 radical (unpaired) electrons. The maximum atomic E-state index is 12.7. The molecule has 174 valence electrons. The van der Waals surface area contributed by atoms with Crippen LogP contribution in [-0.4, -0.2) is 47.3 Å². The minimum absolute atomic E-state index is 0.0241. The van der Waals surface area contributed by atoms with Crippen molar-refractivity contribution in [1.29, 1.82) is 0 Å². The van der Waals surface area contributed by atoms with Crippen LogP contribution in [0.5, 0.6) is 0 Å². The number of rotatable bonds is 6. The Bertz CT molecular complexity index is 1530. The molecule has 2 atom stereocenters. The number of thiazole rings is 1. The van der Waals surface area contributed by atoms with Crippen LogP contribution in [0.15, 0.2) is 52.9 Å². The zero-order valence-electron chi connectivity index (χ0n) is 18.1. The third-order valence-corrected chi connectivity index (χ3v) is 8.01. The second-order valence-corrected chi connectivity index (χ2v) is 11.5. The molecule has 2 aromatic heterocycles. The molecule has 2 aromatic carbocycles. The Morgan fingerprint density at radius 2 is 1.85 bits per heavy atom. The number of sulfone groups is 1. The van der Waals surface area contributed by atoms with Crippen LogP contribution in [0.3, 0.4) is 0 Å². The fourth-order valence-corrected chi connectivity index (χ4v) is 6.32. The van der Waals surface area contributed by atoms with Crippen molar-refractivity contribution in [2.75, 3.05) is 6.26 Å². The van der Waals surface area contributed by atoms with Crippen molar-refractivity contribution in [2.24, 2.45) is 0 Å². The molecule has 1 fully saturated rings. The lowest BCUT2D eigenvalue weighted by atomic mass is 9.98. The number of hydrogen-bond acceptors (Lipinski definition) is 9. The summed E-state index contributed by atoms with van der Waals surface area (Å²) in [6, 6.07) is 15.0. The summed E-state index contributed by atoms with van der Waals surface area (Å²) in [5.41, 5.74) is 1.41. The Labute approximate surface area is 198 Å². The van der Waals surface area contributed by atoms with Crippen molar-refractivity contribution in [3.63, 3.8) is 0 Å². The molecule has 0 spiro atoms. The van der Waals surface area contributed by atoms with Crippen molar-refractivity contribution in [1.82, 2.24) is 25.8 Å². The first kappa shape index (κ1) is 22.2. The molecule has 34 heavy (non-hydrogen) atoms. The van der Waals surface area contributed by atoms with E-state index in [1.165, 1.54) is 18.3 Å². The number of benzene rings is 2. The molecule has 5 rings (SSSR count). The van der Waals surface area contributed by atoms with E-state index in [0.29, 0.717) is 10.5 Å². The monoisotopic (exact) mass is 497 g/mol. The van der Waals surface area contributed by atoms with Crippen LogP contribution in [0, 0.1) is 0 Å². The van der Waals surface area contributed by atoms with Gasteiger partial charge in [-0.15, -0.1) is 21.5 Å². The Morgan fingerprint density at radius 1 is 1.09 bits per heavy atom. The fourth-order valence-electron chi connectivity index (χ4n) is 3.79. The minimum atomic E-state index is -3.73. The van der Waals surface area contributed by atoms with E-state index < -0.39 is 32.6 Å². The first-order chi connectivity index (χ1) is 16.1. The van der Waals surface area contributed by atoms with E-state index in [2.05, 4.69) is 25.8 Å². The number of nitrogens with zero attached hydrogens (tertiary/aromatic N) is 3. The summed E-state index contributed by atoms with van der Waals surface area (Å²) in [5.74, 6) is -0.651. The van der Waals surface area contributed by atoms with Crippen molar-refractivity contribution < 1.29 is 22.4 Å². The molecule has 2 unspecified atom stereocenters. The fraction of sp³-hybridized carbons (Fsp3) is 0.227. The summed E-state index contributed by atoms with van der Waals surface area (Å²) in [6.07, 6.45) is 0.989. The lowest BCUT2D eigenvalue weighted by Gasteiger charge is -2.17. The number of urea groups is 1. The average Bonchev–Trinajstić information content (AvgIpc) is 3.45. The second-order valence-electron chi connectivity index (χ2n) is 8.26. The molecule has 0 saturated carbocycles. The minimum Gasteiger partial charge on any atom is -0.423 e. The summed E-state index contributed by atoms with van der Waals surface area (Å²) in [6.45, 7) is 1.52. The van der Waals surface area contributed by atoms with Gasteiger partial charge in [-0.3, -0.25) is 10.1 Å².